The largest absolute Gasteiger partial charge is 0.489 e. The summed E-state index contributed by atoms with van der Waals surface area (Å²) in [4.78, 5) is 31.7. The molecule has 0 radical (unpaired) electrons. The summed E-state index contributed by atoms with van der Waals surface area (Å²) in [7, 11) is -4.41. The Morgan fingerprint density at radius 2 is 1.60 bits per heavy atom. The first kappa shape index (κ1) is 46.5. The molecule has 6 aromatic rings. The molecule has 2 aliphatic heterocycles. The van der Waals surface area contributed by atoms with Crippen LogP contribution in [0, 0.1) is 24.2 Å². The Balaban J connectivity index is 0.949. The van der Waals surface area contributed by atoms with Gasteiger partial charge in [0.1, 0.15) is 41.8 Å². The first-order valence-corrected chi connectivity index (χ1v) is 24.5. The van der Waals surface area contributed by atoms with Crippen LogP contribution in [0.5, 0.6) is 17.2 Å². The van der Waals surface area contributed by atoms with Crippen molar-refractivity contribution in [2.75, 3.05) is 18.5 Å². The van der Waals surface area contributed by atoms with E-state index in [0.717, 1.165) is 45.9 Å². The van der Waals surface area contributed by atoms with Crippen LogP contribution in [0.25, 0.3) is 11.1 Å². The van der Waals surface area contributed by atoms with E-state index in [1.54, 1.807) is 61.5 Å². The third kappa shape index (κ3) is 10.3. The number of halogens is 2. The van der Waals surface area contributed by atoms with Gasteiger partial charge in [0.15, 0.2) is 17.6 Å². The van der Waals surface area contributed by atoms with Crippen molar-refractivity contribution >= 4 is 50.9 Å². The average molecular weight is 973 g/mol. The number of carbonyl (C=O) groups excluding carboxylic acids is 1. The molecule has 3 N–H and O–H groups in total. The highest BCUT2D eigenvalue weighted by atomic mass is 35.5. The van der Waals surface area contributed by atoms with Gasteiger partial charge in [0.25, 0.3) is 0 Å². The number of anilines is 1. The summed E-state index contributed by atoms with van der Waals surface area (Å²) in [6.07, 6.45) is 2.86. The number of carboxylic acid groups (broad SMARTS) is 1. The summed E-state index contributed by atoms with van der Waals surface area (Å²) in [6.45, 7) is 2.64. The number of amides is 1. The zero-order valence-electron chi connectivity index (χ0n) is 37.0. The second kappa shape index (κ2) is 19.9. The fourth-order valence-electron chi connectivity index (χ4n) is 8.61. The minimum Gasteiger partial charge on any atom is -0.489 e. The van der Waals surface area contributed by atoms with E-state index in [4.69, 9.17) is 42.7 Å². The Morgan fingerprint density at radius 3 is 2.26 bits per heavy atom. The number of aliphatic carboxylic acids is 1. The molecule has 348 valence electrons. The van der Waals surface area contributed by atoms with Crippen molar-refractivity contribution in [3.05, 3.63) is 164 Å². The molecule has 5 aromatic carbocycles. The molecule has 0 saturated heterocycles. The predicted octanol–water partition coefficient (Wildman–Crippen LogP) is 9.47. The molecular formula is C52H47Cl2N5O8S. The SMILES string of the molecule is Cc1nc(NCC2CCC2)ccc1S(=O)(=O)N1Cc2cc3c(cc2CC1C(=O)NC(Cc1ccc(-c2ccc(C#N)cc2)cc1)C(=O)O)OCC(c1ccc(OCc2ccc(Cl)c(Cl)c2)cc1)O3. The molecule has 13 nitrogen and oxygen atoms in total. The number of pyridine rings is 1. The van der Waals surface area contributed by atoms with Crippen LogP contribution in [0.1, 0.15) is 64.4 Å². The number of aryl methyl sites for hydroxylation is 1. The molecule has 3 atom stereocenters. The van der Waals surface area contributed by atoms with E-state index in [0.29, 0.717) is 67.9 Å². The van der Waals surface area contributed by atoms with Gasteiger partial charge in [0.2, 0.25) is 15.9 Å². The number of carbonyl (C=O) groups is 2. The number of carboxylic acids is 1. The number of aromatic nitrogens is 1. The van der Waals surface area contributed by atoms with Gasteiger partial charge in [-0.3, -0.25) is 4.79 Å². The molecule has 0 bridgehead atoms. The molecule has 1 fully saturated rings. The van der Waals surface area contributed by atoms with Crippen molar-refractivity contribution in [2.45, 2.75) is 75.3 Å². The van der Waals surface area contributed by atoms with Crippen LogP contribution in [0.3, 0.4) is 0 Å². The quantitative estimate of drug-likeness (QED) is 0.0892. The third-order valence-corrected chi connectivity index (χ3v) is 15.5. The zero-order chi connectivity index (χ0) is 47.5. The van der Waals surface area contributed by atoms with E-state index in [2.05, 4.69) is 21.7 Å². The highest BCUT2D eigenvalue weighted by Crippen LogP contribution is 2.42. The lowest BCUT2D eigenvalue weighted by Crippen LogP contribution is -2.55. The Hall–Kier alpha value is -6.63. The lowest BCUT2D eigenvalue weighted by atomic mass is 9.85. The Kier molecular flexibility index (Phi) is 13.6. The molecule has 3 aliphatic rings. The number of nitriles is 1. The standard InChI is InChI=1S/C52H47Cl2N5O8S/c1-31-49(19-20-50(57-31)56-27-34-3-2-4-34)68(63,64)59-28-40-25-47-46(66-30-48(67-47)38-14-16-41(17-15-38)65-29-35-9-18-42(53)43(54)21-35)24-39(40)23-45(59)51(60)58-44(52(61)62)22-32-5-10-36(11-6-32)37-12-7-33(26-55)8-13-37/h5-21,24-25,34,44-45,48H,2-4,22-23,27-30H2,1H3,(H,56,57)(H,58,60)(H,61,62). The molecule has 68 heavy (non-hydrogen) atoms. The molecule has 16 heteroatoms. The van der Waals surface area contributed by atoms with E-state index < -0.39 is 40.1 Å². The van der Waals surface area contributed by atoms with E-state index >= 15 is 0 Å². The summed E-state index contributed by atoms with van der Waals surface area (Å²) < 4.78 is 49.5. The van der Waals surface area contributed by atoms with Gasteiger partial charge in [-0.1, -0.05) is 84.2 Å². The van der Waals surface area contributed by atoms with Crippen LogP contribution >= 0.6 is 23.2 Å². The van der Waals surface area contributed by atoms with Crippen molar-refractivity contribution in [1.29, 1.82) is 5.26 Å². The Morgan fingerprint density at radius 1 is 0.897 bits per heavy atom. The lowest BCUT2D eigenvalue weighted by molar-refractivity contribution is -0.142. The number of hydrogen-bond donors (Lipinski definition) is 3. The second-order valence-electron chi connectivity index (χ2n) is 17.3. The maximum absolute atomic E-state index is 14.8. The highest BCUT2D eigenvalue weighted by molar-refractivity contribution is 7.89. The lowest BCUT2D eigenvalue weighted by Gasteiger charge is -2.37. The highest BCUT2D eigenvalue weighted by Gasteiger charge is 2.42. The number of ether oxygens (including phenoxy) is 3. The number of fused-ring (bicyclic) bond motifs is 2. The monoisotopic (exact) mass is 971 g/mol. The van der Waals surface area contributed by atoms with Crippen LogP contribution in [0.15, 0.2) is 120 Å². The van der Waals surface area contributed by atoms with Gasteiger partial charge in [-0.05, 0) is 132 Å². The maximum atomic E-state index is 14.8. The van der Waals surface area contributed by atoms with E-state index in [1.165, 1.54) is 12.5 Å². The fourth-order valence-corrected chi connectivity index (χ4v) is 10.7. The molecular weight excluding hydrogens is 926 g/mol. The molecule has 1 amide bonds. The van der Waals surface area contributed by atoms with E-state index in [9.17, 15) is 23.1 Å². The molecule has 1 aliphatic carbocycles. The second-order valence-corrected chi connectivity index (χ2v) is 20.0. The molecule has 1 saturated carbocycles. The van der Waals surface area contributed by atoms with Gasteiger partial charge >= 0.3 is 5.97 Å². The normalized spacial score (nSPS) is 17.2. The zero-order valence-corrected chi connectivity index (χ0v) is 39.3. The first-order valence-electron chi connectivity index (χ1n) is 22.3. The molecule has 3 unspecified atom stereocenters. The summed E-state index contributed by atoms with van der Waals surface area (Å²) in [5.74, 6) is 0.573. The van der Waals surface area contributed by atoms with E-state index in [-0.39, 0.29) is 36.6 Å². The summed E-state index contributed by atoms with van der Waals surface area (Å²) in [6, 6.07) is 33.2. The maximum Gasteiger partial charge on any atom is 0.326 e. The van der Waals surface area contributed by atoms with Crippen molar-refractivity contribution in [3.63, 3.8) is 0 Å². The van der Waals surface area contributed by atoms with Gasteiger partial charge in [-0.25, -0.2) is 18.2 Å². The molecule has 0 spiro atoms. The van der Waals surface area contributed by atoms with Crippen molar-refractivity contribution < 1.29 is 37.3 Å². The first-order chi connectivity index (χ1) is 32.8. The number of benzene rings is 5. The number of nitrogens with one attached hydrogen (secondary N) is 2. The van der Waals surface area contributed by atoms with Crippen molar-refractivity contribution in [3.8, 4) is 34.4 Å². The minimum absolute atomic E-state index is 0.0581. The van der Waals surface area contributed by atoms with E-state index in [1.807, 2.05) is 54.6 Å². The van der Waals surface area contributed by atoms with Gasteiger partial charge in [0, 0.05) is 19.5 Å². The number of rotatable bonds is 15. The van der Waals surface area contributed by atoms with Crippen molar-refractivity contribution in [1.82, 2.24) is 14.6 Å². The van der Waals surface area contributed by atoms with Crippen molar-refractivity contribution in [2.24, 2.45) is 5.92 Å². The number of nitrogens with zero attached hydrogens (tertiary/aromatic N) is 3. The summed E-state index contributed by atoms with van der Waals surface area (Å²) in [5.41, 5.74) is 6.16. The van der Waals surface area contributed by atoms with Crippen LogP contribution < -0.4 is 24.8 Å². The summed E-state index contributed by atoms with van der Waals surface area (Å²) in [5, 5.41) is 26.5. The van der Waals surface area contributed by atoms with Crippen LogP contribution in [0.4, 0.5) is 5.82 Å². The third-order valence-electron chi connectivity index (χ3n) is 12.7. The Labute approximate surface area is 404 Å². The van der Waals surface area contributed by atoms with Crippen LogP contribution in [-0.4, -0.2) is 59.9 Å². The van der Waals surface area contributed by atoms with Gasteiger partial charge in [-0.15, -0.1) is 0 Å². The predicted molar refractivity (Wildman–Crippen MR) is 257 cm³/mol. The average Bonchev–Trinajstić information content (AvgIpc) is 3.32. The molecule has 1 aromatic heterocycles. The molecule has 3 heterocycles. The minimum atomic E-state index is -4.41. The van der Waals surface area contributed by atoms with Gasteiger partial charge in [-0.2, -0.15) is 9.57 Å². The Bertz CT molecular complexity index is 3020. The van der Waals surface area contributed by atoms with Gasteiger partial charge < -0.3 is 30.0 Å². The molecule has 9 rings (SSSR count). The summed E-state index contributed by atoms with van der Waals surface area (Å²) >= 11 is 12.2. The van der Waals surface area contributed by atoms with Crippen LogP contribution in [0.2, 0.25) is 10.0 Å². The smallest absolute Gasteiger partial charge is 0.326 e. The van der Waals surface area contributed by atoms with Gasteiger partial charge in [0.05, 0.1) is 27.4 Å². The number of sulfonamides is 1. The van der Waals surface area contributed by atoms with Crippen LogP contribution in [-0.2, 0) is 45.6 Å². The fraction of sp³-hybridized carbons (Fsp3) is 0.269. The topological polar surface area (TPSA) is 180 Å². The number of hydrogen-bond acceptors (Lipinski definition) is 10.